The highest BCUT2D eigenvalue weighted by Gasteiger charge is 2.26. The largest absolute Gasteiger partial charge is 0.373 e. The molecule has 0 aliphatic carbocycles. The van der Waals surface area contributed by atoms with Crippen molar-refractivity contribution in [3.05, 3.63) is 29.8 Å². The zero-order valence-corrected chi connectivity index (χ0v) is 12.8. The first-order valence-electron chi connectivity index (χ1n) is 7.71. The molecule has 0 saturated carbocycles. The zero-order chi connectivity index (χ0) is 14.5. The summed E-state index contributed by atoms with van der Waals surface area (Å²) in [5, 5.41) is 6.43. The zero-order valence-electron chi connectivity index (χ0n) is 12.8. The Morgan fingerprint density at radius 3 is 2.75 bits per heavy atom. The van der Waals surface area contributed by atoms with Gasteiger partial charge < -0.3 is 10.6 Å². The summed E-state index contributed by atoms with van der Waals surface area (Å²) in [5.74, 6) is 0.863. The molecule has 1 aliphatic heterocycles. The molecule has 2 rings (SSSR count). The molecule has 0 radical (unpaired) electrons. The highest BCUT2D eigenvalue weighted by molar-refractivity contribution is 5.87. The predicted molar refractivity (Wildman–Crippen MR) is 83.9 cm³/mol. The standard InChI is InChI=1S/C17H26N2O/c1-12(2)7-6-8-13(3)18-17(20)16-11-14-9-4-5-10-15(14)19-16/h4-5,9-10,12-13,16,19H,6-8,11H2,1-3H3,(H,18,20)/t13?,16-/m0/s1. The summed E-state index contributed by atoms with van der Waals surface area (Å²) in [6.07, 6.45) is 4.26. The summed E-state index contributed by atoms with van der Waals surface area (Å²) < 4.78 is 0. The number of carbonyl (C=O) groups excluding carboxylic acids is 1. The van der Waals surface area contributed by atoms with Crippen LogP contribution in [-0.4, -0.2) is 18.0 Å². The molecule has 0 saturated heterocycles. The van der Waals surface area contributed by atoms with E-state index in [9.17, 15) is 4.79 Å². The van der Waals surface area contributed by atoms with Crippen LogP contribution >= 0.6 is 0 Å². The molecule has 1 amide bonds. The van der Waals surface area contributed by atoms with Crippen molar-refractivity contribution >= 4 is 11.6 Å². The van der Waals surface area contributed by atoms with E-state index in [0.717, 1.165) is 24.4 Å². The van der Waals surface area contributed by atoms with Crippen molar-refractivity contribution in [2.75, 3.05) is 5.32 Å². The van der Waals surface area contributed by atoms with Crippen LogP contribution in [0.15, 0.2) is 24.3 Å². The van der Waals surface area contributed by atoms with Gasteiger partial charge in [0.1, 0.15) is 6.04 Å². The molecule has 3 nitrogen and oxygen atoms in total. The average molecular weight is 274 g/mol. The molecule has 0 fully saturated rings. The fraction of sp³-hybridized carbons (Fsp3) is 0.588. The van der Waals surface area contributed by atoms with Crippen LogP contribution in [0.3, 0.4) is 0 Å². The minimum absolute atomic E-state index is 0.111. The Morgan fingerprint density at radius 2 is 2.05 bits per heavy atom. The van der Waals surface area contributed by atoms with Crippen LogP contribution in [0.1, 0.15) is 45.6 Å². The Kier molecular flexibility index (Phi) is 5.05. The average Bonchev–Trinajstić information content (AvgIpc) is 2.82. The quantitative estimate of drug-likeness (QED) is 0.835. The van der Waals surface area contributed by atoms with Crippen molar-refractivity contribution < 1.29 is 4.79 Å². The third-order valence-electron chi connectivity index (χ3n) is 3.89. The number of nitrogens with one attached hydrogen (secondary N) is 2. The number of rotatable bonds is 6. The smallest absolute Gasteiger partial charge is 0.243 e. The van der Waals surface area contributed by atoms with E-state index in [1.807, 2.05) is 18.2 Å². The lowest BCUT2D eigenvalue weighted by atomic mass is 10.0. The Morgan fingerprint density at radius 1 is 1.30 bits per heavy atom. The van der Waals surface area contributed by atoms with E-state index in [1.165, 1.54) is 18.4 Å². The van der Waals surface area contributed by atoms with Crippen molar-refractivity contribution in [1.82, 2.24) is 5.32 Å². The van der Waals surface area contributed by atoms with E-state index in [2.05, 4.69) is 37.5 Å². The van der Waals surface area contributed by atoms with E-state index in [-0.39, 0.29) is 18.0 Å². The van der Waals surface area contributed by atoms with E-state index >= 15 is 0 Å². The van der Waals surface area contributed by atoms with E-state index in [1.54, 1.807) is 0 Å². The van der Waals surface area contributed by atoms with Gasteiger partial charge in [-0.25, -0.2) is 0 Å². The molecule has 2 atom stereocenters. The van der Waals surface area contributed by atoms with E-state index in [4.69, 9.17) is 0 Å². The van der Waals surface area contributed by atoms with Gasteiger partial charge in [0.15, 0.2) is 0 Å². The van der Waals surface area contributed by atoms with E-state index in [0.29, 0.717) is 0 Å². The van der Waals surface area contributed by atoms with Crippen LogP contribution in [0.5, 0.6) is 0 Å². The molecule has 3 heteroatoms. The summed E-state index contributed by atoms with van der Waals surface area (Å²) in [6.45, 7) is 6.58. The van der Waals surface area contributed by atoms with Gasteiger partial charge in [0.2, 0.25) is 5.91 Å². The fourth-order valence-corrected chi connectivity index (χ4v) is 2.70. The monoisotopic (exact) mass is 274 g/mol. The van der Waals surface area contributed by atoms with Gasteiger partial charge in [-0.05, 0) is 30.9 Å². The number of benzene rings is 1. The molecule has 1 aliphatic rings. The second kappa shape index (κ2) is 6.78. The topological polar surface area (TPSA) is 41.1 Å². The number of hydrogen-bond acceptors (Lipinski definition) is 2. The maximum Gasteiger partial charge on any atom is 0.243 e. The molecule has 1 heterocycles. The van der Waals surface area contributed by atoms with Gasteiger partial charge in [0.05, 0.1) is 0 Å². The Hall–Kier alpha value is -1.51. The molecular formula is C17H26N2O. The maximum absolute atomic E-state index is 12.2. The molecule has 1 aromatic rings. The highest BCUT2D eigenvalue weighted by Crippen LogP contribution is 2.25. The Labute approximate surface area is 122 Å². The molecule has 0 bridgehead atoms. The molecular weight excluding hydrogens is 248 g/mol. The van der Waals surface area contributed by atoms with Crippen molar-refractivity contribution in [1.29, 1.82) is 0 Å². The lowest BCUT2D eigenvalue weighted by Gasteiger charge is -2.18. The number of fused-ring (bicyclic) bond motifs is 1. The van der Waals surface area contributed by atoms with Crippen LogP contribution in [-0.2, 0) is 11.2 Å². The Bertz CT molecular complexity index is 431. The van der Waals surface area contributed by atoms with Crippen LogP contribution in [0, 0.1) is 5.92 Å². The predicted octanol–water partition coefficient (Wildman–Crippen LogP) is 3.35. The number of carbonyl (C=O) groups is 1. The van der Waals surface area contributed by atoms with Gasteiger partial charge in [-0.15, -0.1) is 0 Å². The van der Waals surface area contributed by atoms with Crippen LogP contribution in [0.25, 0.3) is 0 Å². The lowest BCUT2D eigenvalue weighted by molar-refractivity contribution is -0.122. The lowest BCUT2D eigenvalue weighted by Crippen LogP contribution is -2.42. The molecule has 1 aromatic carbocycles. The fourth-order valence-electron chi connectivity index (χ4n) is 2.70. The van der Waals surface area contributed by atoms with Gasteiger partial charge in [-0.3, -0.25) is 4.79 Å². The van der Waals surface area contributed by atoms with Crippen molar-refractivity contribution in [3.63, 3.8) is 0 Å². The second-order valence-corrected chi connectivity index (χ2v) is 6.29. The summed E-state index contributed by atoms with van der Waals surface area (Å²) in [6, 6.07) is 8.29. The first kappa shape index (κ1) is 14.9. The number of anilines is 1. The first-order valence-corrected chi connectivity index (χ1v) is 7.71. The van der Waals surface area contributed by atoms with Crippen LogP contribution in [0.4, 0.5) is 5.69 Å². The first-order chi connectivity index (χ1) is 9.56. The third-order valence-corrected chi connectivity index (χ3v) is 3.89. The number of amides is 1. The summed E-state index contributed by atoms with van der Waals surface area (Å²) in [5.41, 5.74) is 2.33. The van der Waals surface area contributed by atoms with Gasteiger partial charge >= 0.3 is 0 Å². The van der Waals surface area contributed by atoms with Gasteiger partial charge in [-0.2, -0.15) is 0 Å². The molecule has 2 N–H and O–H groups in total. The Balaban J connectivity index is 1.76. The number of para-hydroxylation sites is 1. The van der Waals surface area contributed by atoms with Crippen molar-refractivity contribution in [2.24, 2.45) is 5.92 Å². The third kappa shape index (κ3) is 3.99. The molecule has 0 spiro atoms. The SMILES string of the molecule is CC(C)CCCC(C)NC(=O)[C@@H]1Cc2ccccc2N1. The van der Waals surface area contributed by atoms with Gasteiger partial charge in [-0.1, -0.05) is 44.9 Å². The minimum atomic E-state index is -0.111. The summed E-state index contributed by atoms with van der Waals surface area (Å²) in [7, 11) is 0. The van der Waals surface area contributed by atoms with Gasteiger partial charge in [0.25, 0.3) is 0 Å². The molecule has 1 unspecified atom stereocenters. The van der Waals surface area contributed by atoms with E-state index < -0.39 is 0 Å². The van der Waals surface area contributed by atoms with Crippen LogP contribution in [0.2, 0.25) is 0 Å². The second-order valence-electron chi connectivity index (χ2n) is 6.29. The molecule has 110 valence electrons. The number of hydrogen-bond donors (Lipinski definition) is 2. The van der Waals surface area contributed by atoms with Gasteiger partial charge in [0, 0.05) is 18.2 Å². The summed E-state index contributed by atoms with van der Waals surface area (Å²) in [4.78, 5) is 12.2. The minimum Gasteiger partial charge on any atom is -0.373 e. The highest BCUT2D eigenvalue weighted by atomic mass is 16.2. The normalized spacial score (nSPS) is 18.5. The molecule has 20 heavy (non-hydrogen) atoms. The van der Waals surface area contributed by atoms with Crippen molar-refractivity contribution in [2.45, 2.75) is 58.5 Å². The molecule has 0 aromatic heterocycles. The maximum atomic E-state index is 12.2. The van der Waals surface area contributed by atoms with Crippen molar-refractivity contribution in [3.8, 4) is 0 Å². The van der Waals surface area contributed by atoms with Crippen LogP contribution < -0.4 is 10.6 Å². The summed E-state index contributed by atoms with van der Waals surface area (Å²) >= 11 is 0.